The van der Waals surface area contributed by atoms with Crippen LogP contribution in [0.1, 0.15) is 48.0 Å². The van der Waals surface area contributed by atoms with Gasteiger partial charge in [0.25, 0.3) is 0 Å². The third-order valence-corrected chi connectivity index (χ3v) is 2.20. The Balaban J connectivity index is 4.68. The molecule has 0 aromatic rings. The maximum absolute atomic E-state index is 2.31. The second-order valence-corrected chi connectivity index (χ2v) is 4.31. The molecule has 0 amide bonds. The van der Waals surface area contributed by atoms with E-state index in [1.54, 1.807) is 0 Å². The zero-order valence-corrected chi connectivity index (χ0v) is 9.36. The van der Waals surface area contributed by atoms with Gasteiger partial charge >= 0.3 is 0 Å². The van der Waals surface area contributed by atoms with Crippen LogP contribution in [0.3, 0.4) is 0 Å². The van der Waals surface area contributed by atoms with Gasteiger partial charge in [-0.25, -0.2) is 0 Å². The summed E-state index contributed by atoms with van der Waals surface area (Å²) in [4.78, 5) is 0. The van der Waals surface area contributed by atoms with Crippen molar-refractivity contribution in [2.45, 2.75) is 48.0 Å². The lowest BCUT2D eigenvalue weighted by Gasteiger charge is -2.22. The average Bonchev–Trinajstić information content (AvgIpc) is 1.97. The Kier molecular flexibility index (Phi) is 4.30. The van der Waals surface area contributed by atoms with E-state index < -0.39 is 0 Å². The van der Waals surface area contributed by atoms with E-state index in [2.05, 4.69) is 53.7 Å². The van der Waals surface area contributed by atoms with Crippen LogP contribution in [0.2, 0.25) is 0 Å². The Bertz CT molecular complexity index is 187. The highest BCUT2D eigenvalue weighted by molar-refractivity contribution is 5.24. The number of hydrogen-bond donors (Lipinski definition) is 0. The molecule has 0 aromatic carbocycles. The van der Waals surface area contributed by atoms with Gasteiger partial charge in [-0.2, -0.15) is 0 Å². The summed E-state index contributed by atoms with van der Waals surface area (Å²) >= 11 is 0. The minimum atomic E-state index is 0.318. The molecular weight excluding hydrogens is 144 g/mol. The van der Waals surface area contributed by atoms with Crippen molar-refractivity contribution in [3.8, 4) is 0 Å². The third kappa shape index (κ3) is 3.75. The second kappa shape index (κ2) is 4.49. The fraction of sp³-hybridized carbons (Fsp3) is 0.667. The summed E-state index contributed by atoms with van der Waals surface area (Å²) in [5.41, 5.74) is 3.21. The first-order valence-electron chi connectivity index (χ1n) is 4.75. The number of hydrogen-bond acceptors (Lipinski definition) is 0. The zero-order chi connectivity index (χ0) is 9.78. The molecule has 0 saturated carbocycles. The fourth-order valence-electron chi connectivity index (χ4n) is 1.21. The van der Waals surface area contributed by atoms with Crippen molar-refractivity contribution in [1.29, 1.82) is 0 Å². The minimum absolute atomic E-state index is 0.318. The van der Waals surface area contributed by atoms with Gasteiger partial charge in [-0.15, -0.1) is 0 Å². The summed E-state index contributed by atoms with van der Waals surface area (Å²) in [5, 5.41) is 0. The van der Waals surface area contributed by atoms with E-state index in [9.17, 15) is 0 Å². The number of rotatable bonds is 2. The first-order chi connectivity index (χ1) is 5.41. The predicted octanol–water partition coefficient (Wildman–Crippen LogP) is 4.34. The zero-order valence-electron chi connectivity index (χ0n) is 9.36. The molecule has 0 nitrogen and oxygen atoms in total. The molecule has 12 heavy (non-hydrogen) atoms. The molecule has 0 aromatic heterocycles. The molecule has 0 N–H and O–H groups in total. The quantitative estimate of drug-likeness (QED) is 0.535. The molecule has 0 heterocycles. The number of allylic oxidation sites excluding steroid dienone is 4. The van der Waals surface area contributed by atoms with E-state index in [4.69, 9.17) is 0 Å². The van der Waals surface area contributed by atoms with E-state index in [1.807, 2.05) is 0 Å². The molecular formula is C12H22. The maximum Gasteiger partial charge on any atom is -0.0170 e. The normalized spacial score (nSPS) is 15.2. The molecule has 0 aliphatic carbocycles. The Morgan fingerprint density at radius 2 is 1.75 bits per heavy atom. The Hall–Kier alpha value is -0.520. The van der Waals surface area contributed by atoms with Gasteiger partial charge in [-0.05, 0) is 25.7 Å². The van der Waals surface area contributed by atoms with E-state index >= 15 is 0 Å². The molecule has 0 unspecified atom stereocenters. The molecule has 0 saturated heterocycles. The Labute approximate surface area is 77.4 Å². The molecule has 0 rings (SSSR count). The predicted molar refractivity (Wildman–Crippen MR) is 57.3 cm³/mol. The molecule has 0 bridgehead atoms. The minimum Gasteiger partial charge on any atom is -0.0847 e. The van der Waals surface area contributed by atoms with Crippen LogP contribution in [-0.2, 0) is 0 Å². The lowest BCUT2D eigenvalue weighted by atomic mass is 9.84. The van der Waals surface area contributed by atoms with Crippen LogP contribution < -0.4 is 0 Å². The first kappa shape index (κ1) is 11.5. The van der Waals surface area contributed by atoms with Crippen molar-refractivity contribution >= 4 is 0 Å². The van der Waals surface area contributed by atoms with E-state index in [0.29, 0.717) is 5.41 Å². The smallest absolute Gasteiger partial charge is 0.0170 e. The maximum atomic E-state index is 2.31. The standard InChI is InChI=1S/C12H22/c1-7-10(3)9-11(8-2)12(4,5)6/h7,9H,8H2,1-6H3/b10-7-,11-9+. The summed E-state index contributed by atoms with van der Waals surface area (Å²) in [6, 6.07) is 0. The summed E-state index contributed by atoms with van der Waals surface area (Å²) < 4.78 is 0. The topological polar surface area (TPSA) is 0 Å². The van der Waals surface area contributed by atoms with Gasteiger partial charge in [0.15, 0.2) is 0 Å². The average molecular weight is 166 g/mol. The summed E-state index contributed by atoms with van der Waals surface area (Å²) in [7, 11) is 0. The fourth-order valence-corrected chi connectivity index (χ4v) is 1.21. The molecule has 0 radical (unpaired) electrons. The molecule has 0 atom stereocenters. The van der Waals surface area contributed by atoms with E-state index in [0.717, 1.165) is 6.42 Å². The van der Waals surface area contributed by atoms with Crippen molar-refractivity contribution in [2.24, 2.45) is 5.41 Å². The van der Waals surface area contributed by atoms with Crippen molar-refractivity contribution in [3.05, 3.63) is 23.3 Å². The van der Waals surface area contributed by atoms with Crippen molar-refractivity contribution in [1.82, 2.24) is 0 Å². The Morgan fingerprint density at radius 3 is 2.00 bits per heavy atom. The molecule has 0 fully saturated rings. The van der Waals surface area contributed by atoms with Crippen LogP contribution in [0.4, 0.5) is 0 Å². The van der Waals surface area contributed by atoms with Gasteiger partial charge in [0.05, 0.1) is 0 Å². The van der Waals surface area contributed by atoms with Gasteiger partial charge < -0.3 is 0 Å². The molecule has 70 valence electrons. The molecule has 0 aliphatic heterocycles. The monoisotopic (exact) mass is 166 g/mol. The van der Waals surface area contributed by atoms with Gasteiger partial charge in [-0.1, -0.05) is 51.0 Å². The summed E-state index contributed by atoms with van der Waals surface area (Å²) in [6.07, 6.45) is 5.61. The summed E-state index contributed by atoms with van der Waals surface area (Å²) in [5.74, 6) is 0. The van der Waals surface area contributed by atoms with Gasteiger partial charge in [0.1, 0.15) is 0 Å². The highest BCUT2D eigenvalue weighted by Gasteiger charge is 2.14. The van der Waals surface area contributed by atoms with Crippen molar-refractivity contribution in [3.63, 3.8) is 0 Å². The van der Waals surface area contributed by atoms with Crippen molar-refractivity contribution < 1.29 is 0 Å². The van der Waals surface area contributed by atoms with Gasteiger partial charge in [-0.3, -0.25) is 0 Å². The van der Waals surface area contributed by atoms with E-state index in [-0.39, 0.29) is 0 Å². The third-order valence-electron chi connectivity index (χ3n) is 2.20. The van der Waals surface area contributed by atoms with Crippen LogP contribution in [0, 0.1) is 5.41 Å². The van der Waals surface area contributed by atoms with Crippen LogP contribution in [-0.4, -0.2) is 0 Å². The second-order valence-electron chi connectivity index (χ2n) is 4.31. The summed E-state index contributed by atoms with van der Waals surface area (Å²) in [6.45, 7) is 13.3. The lowest BCUT2D eigenvalue weighted by molar-refractivity contribution is 0.488. The van der Waals surface area contributed by atoms with Gasteiger partial charge in [0, 0.05) is 0 Å². The lowest BCUT2D eigenvalue weighted by Crippen LogP contribution is -2.08. The highest BCUT2D eigenvalue weighted by atomic mass is 14.2. The SMILES string of the molecule is C/C=C(C)\C=C(/CC)C(C)(C)C. The largest absolute Gasteiger partial charge is 0.0847 e. The van der Waals surface area contributed by atoms with Crippen LogP contribution in [0.25, 0.3) is 0 Å². The molecule has 0 spiro atoms. The van der Waals surface area contributed by atoms with Crippen LogP contribution in [0.5, 0.6) is 0 Å². The van der Waals surface area contributed by atoms with Crippen LogP contribution in [0.15, 0.2) is 23.3 Å². The first-order valence-corrected chi connectivity index (χ1v) is 4.75. The Morgan fingerprint density at radius 1 is 1.25 bits per heavy atom. The van der Waals surface area contributed by atoms with Crippen molar-refractivity contribution in [2.75, 3.05) is 0 Å². The molecule has 0 heteroatoms. The highest BCUT2D eigenvalue weighted by Crippen LogP contribution is 2.28. The van der Waals surface area contributed by atoms with E-state index in [1.165, 1.54) is 11.1 Å². The van der Waals surface area contributed by atoms with Gasteiger partial charge in [0.2, 0.25) is 0 Å². The van der Waals surface area contributed by atoms with Crippen LogP contribution >= 0.6 is 0 Å². The molecule has 0 aliphatic rings.